The third kappa shape index (κ3) is 4.37. The van der Waals surface area contributed by atoms with E-state index in [0.717, 1.165) is 36.6 Å². The first-order valence-corrected chi connectivity index (χ1v) is 7.63. The molecule has 2 atom stereocenters. The summed E-state index contributed by atoms with van der Waals surface area (Å²) >= 11 is 0. The Morgan fingerprint density at radius 3 is 2.57 bits per heavy atom. The molecule has 0 radical (unpaired) electrons. The van der Waals surface area contributed by atoms with Crippen LogP contribution in [0.1, 0.15) is 39.3 Å². The van der Waals surface area contributed by atoms with Gasteiger partial charge in [-0.15, -0.1) is 0 Å². The van der Waals surface area contributed by atoms with Crippen LogP contribution in [-0.2, 0) is 0 Å². The fraction of sp³-hybridized carbons (Fsp3) is 0.588. The van der Waals surface area contributed by atoms with E-state index in [-0.39, 0.29) is 12.0 Å². The number of nitrogens with zero attached hydrogens (tertiary/aromatic N) is 2. The van der Waals surface area contributed by atoms with Crippen LogP contribution in [0.2, 0.25) is 0 Å². The van der Waals surface area contributed by atoms with Crippen LogP contribution in [0.3, 0.4) is 0 Å². The lowest BCUT2D eigenvalue weighted by atomic mass is 10.0. The molecule has 0 bridgehead atoms. The van der Waals surface area contributed by atoms with Gasteiger partial charge in [0.05, 0.1) is 19.1 Å². The summed E-state index contributed by atoms with van der Waals surface area (Å²) in [5.74, 6) is 0.891. The van der Waals surface area contributed by atoms with Crippen molar-refractivity contribution < 1.29 is 4.74 Å². The number of rotatable bonds is 8. The van der Waals surface area contributed by atoms with Gasteiger partial charge in [0.1, 0.15) is 5.75 Å². The first-order chi connectivity index (χ1) is 10.1. The number of nitrogens with one attached hydrogen (secondary N) is 1. The highest BCUT2D eigenvalue weighted by atomic mass is 16.5. The van der Waals surface area contributed by atoms with E-state index >= 15 is 0 Å². The van der Waals surface area contributed by atoms with Crippen LogP contribution in [0.15, 0.2) is 18.2 Å². The highest BCUT2D eigenvalue weighted by Gasteiger charge is 2.20. The van der Waals surface area contributed by atoms with Gasteiger partial charge in [-0.3, -0.25) is 0 Å². The van der Waals surface area contributed by atoms with Gasteiger partial charge in [-0.2, -0.15) is 5.26 Å². The van der Waals surface area contributed by atoms with Crippen LogP contribution < -0.4 is 15.0 Å². The van der Waals surface area contributed by atoms with Crippen molar-refractivity contribution in [2.75, 3.05) is 31.6 Å². The summed E-state index contributed by atoms with van der Waals surface area (Å²) in [7, 11) is 1.70. The summed E-state index contributed by atoms with van der Waals surface area (Å²) < 4.78 is 5.55. The van der Waals surface area contributed by atoms with E-state index in [2.05, 4.69) is 43.1 Å². The molecule has 0 saturated carbocycles. The Balaban J connectivity index is 3.23. The van der Waals surface area contributed by atoms with Gasteiger partial charge in [0.2, 0.25) is 0 Å². The first-order valence-electron chi connectivity index (χ1n) is 7.63. The van der Waals surface area contributed by atoms with Gasteiger partial charge in [-0.1, -0.05) is 13.0 Å². The molecular weight excluding hydrogens is 262 g/mol. The minimum absolute atomic E-state index is 0.00144. The molecule has 0 aliphatic heterocycles. The molecule has 1 N–H and O–H groups in total. The van der Waals surface area contributed by atoms with Crippen molar-refractivity contribution in [2.45, 2.75) is 33.7 Å². The molecule has 1 aromatic rings. The van der Waals surface area contributed by atoms with Gasteiger partial charge < -0.3 is 15.0 Å². The number of methoxy groups -OCH3 is 1. The SMILES string of the molecule is CCNC(C)c1c(OC)cccc1N(CC)CC(C)C#N. The number of hydrogen-bond acceptors (Lipinski definition) is 4. The van der Waals surface area contributed by atoms with E-state index in [1.165, 1.54) is 0 Å². The van der Waals surface area contributed by atoms with Gasteiger partial charge in [0.15, 0.2) is 0 Å². The second-order valence-corrected chi connectivity index (χ2v) is 5.24. The Hall–Kier alpha value is -1.73. The smallest absolute Gasteiger partial charge is 0.125 e. The fourth-order valence-corrected chi connectivity index (χ4v) is 2.60. The molecule has 0 amide bonds. The zero-order valence-electron chi connectivity index (χ0n) is 13.8. The van der Waals surface area contributed by atoms with Gasteiger partial charge in [-0.25, -0.2) is 0 Å². The van der Waals surface area contributed by atoms with Crippen LogP contribution in [0, 0.1) is 17.2 Å². The zero-order valence-corrected chi connectivity index (χ0v) is 13.8. The molecule has 116 valence electrons. The van der Waals surface area contributed by atoms with Gasteiger partial charge in [0.25, 0.3) is 0 Å². The lowest BCUT2D eigenvalue weighted by molar-refractivity contribution is 0.402. The van der Waals surface area contributed by atoms with Gasteiger partial charge >= 0.3 is 0 Å². The maximum Gasteiger partial charge on any atom is 0.125 e. The Morgan fingerprint density at radius 1 is 1.33 bits per heavy atom. The quantitative estimate of drug-likeness (QED) is 0.797. The van der Waals surface area contributed by atoms with Crippen molar-refractivity contribution >= 4 is 5.69 Å². The Labute approximate surface area is 128 Å². The highest BCUT2D eigenvalue weighted by Crippen LogP contribution is 2.34. The van der Waals surface area contributed by atoms with Crippen molar-refractivity contribution in [1.82, 2.24) is 5.32 Å². The van der Waals surface area contributed by atoms with Crippen molar-refractivity contribution in [3.8, 4) is 11.8 Å². The maximum atomic E-state index is 9.08. The van der Waals surface area contributed by atoms with Gasteiger partial charge in [-0.05, 0) is 39.4 Å². The molecule has 0 aromatic heterocycles. The molecule has 1 aromatic carbocycles. The molecule has 4 heteroatoms. The molecule has 0 fully saturated rings. The van der Waals surface area contributed by atoms with E-state index in [4.69, 9.17) is 10.00 Å². The summed E-state index contributed by atoms with van der Waals surface area (Å²) in [5, 5.41) is 12.5. The predicted octanol–water partition coefficient (Wildman–Crippen LogP) is 3.35. The van der Waals surface area contributed by atoms with E-state index in [0.29, 0.717) is 0 Å². The largest absolute Gasteiger partial charge is 0.496 e. The van der Waals surface area contributed by atoms with E-state index in [1.54, 1.807) is 7.11 Å². The molecule has 0 aliphatic carbocycles. The number of ether oxygens (including phenoxy) is 1. The molecule has 1 rings (SSSR count). The van der Waals surface area contributed by atoms with Crippen molar-refractivity contribution in [1.29, 1.82) is 5.26 Å². The van der Waals surface area contributed by atoms with Crippen LogP contribution in [-0.4, -0.2) is 26.7 Å². The van der Waals surface area contributed by atoms with Crippen LogP contribution in [0.5, 0.6) is 5.75 Å². The molecular formula is C17H27N3O. The Morgan fingerprint density at radius 2 is 2.05 bits per heavy atom. The monoisotopic (exact) mass is 289 g/mol. The molecule has 0 heterocycles. The van der Waals surface area contributed by atoms with Crippen molar-refractivity contribution in [2.24, 2.45) is 5.92 Å². The average Bonchev–Trinajstić information content (AvgIpc) is 2.51. The first kappa shape index (κ1) is 17.3. The molecule has 0 spiro atoms. The van der Waals surface area contributed by atoms with Gasteiger partial charge in [0, 0.05) is 30.4 Å². The second kappa shape index (κ2) is 8.53. The summed E-state index contributed by atoms with van der Waals surface area (Å²) in [6.45, 7) is 10.8. The molecule has 21 heavy (non-hydrogen) atoms. The van der Waals surface area contributed by atoms with E-state index < -0.39 is 0 Å². The maximum absolute atomic E-state index is 9.08. The molecule has 4 nitrogen and oxygen atoms in total. The summed E-state index contributed by atoms with van der Waals surface area (Å²) in [5.41, 5.74) is 2.31. The molecule has 2 unspecified atom stereocenters. The predicted molar refractivity (Wildman–Crippen MR) is 87.7 cm³/mol. The normalized spacial score (nSPS) is 13.3. The minimum Gasteiger partial charge on any atom is -0.496 e. The molecule has 0 aliphatic rings. The van der Waals surface area contributed by atoms with Crippen LogP contribution in [0.4, 0.5) is 5.69 Å². The third-order valence-electron chi connectivity index (χ3n) is 3.64. The third-order valence-corrected chi connectivity index (χ3v) is 3.64. The summed E-state index contributed by atoms with van der Waals surface area (Å²) in [4.78, 5) is 2.25. The summed E-state index contributed by atoms with van der Waals surface area (Å²) in [6, 6.07) is 8.63. The van der Waals surface area contributed by atoms with E-state index in [1.807, 2.05) is 19.1 Å². The summed E-state index contributed by atoms with van der Waals surface area (Å²) in [6.07, 6.45) is 0. The number of benzene rings is 1. The second-order valence-electron chi connectivity index (χ2n) is 5.24. The number of hydrogen-bond donors (Lipinski definition) is 1. The van der Waals surface area contributed by atoms with Crippen LogP contribution in [0.25, 0.3) is 0 Å². The average molecular weight is 289 g/mol. The number of anilines is 1. The Bertz CT molecular complexity index is 481. The number of nitriles is 1. The zero-order chi connectivity index (χ0) is 15.8. The minimum atomic E-state index is -0.00144. The fourth-order valence-electron chi connectivity index (χ4n) is 2.60. The topological polar surface area (TPSA) is 48.3 Å². The Kier molecular flexibility index (Phi) is 7.04. The standard InChI is InChI=1S/C17H27N3O/c1-6-19-14(4)17-15(9-8-10-16(17)21-5)20(7-2)12-13(3)11-18/h8-10,13-14,19H,6-7,12H2,1-5H3. The van der Waals surface area contributed by atoms with E-state index in [9.17, 15) is 0 Å². The lowest BCUT2D eigenvalue weighted by Gasteiger charge is -2.30. The van der Waals surface area contributed by atoms with Crippen molar-refractivity contribution in [3.63, 3.8) is 0 Å². The van der Waals surface area contributed by atoms with Crippen LogP contribution >= 0.6 is 0 Å². The lowest BCUT2D eigenvalue weighted by Crippen LogP contribution is -2.30. The highest BCUT2D eigenvalue weighted by molar-refractivity contribution is 5.61. The van der Waals surface area contributed by atoms with Crippen molar-refractivity contribution in [3.05, 3.63) is 23.8 Å². The molecule has 0 saturated heterocycles.